The van der Waals surface area contributed by atoms with E-state index in [1.165, 1.54) is 283 Å². The molecule has 0 aromatic carbocycles. The Hall–Kier alpha value is -1.93. The predicted octanol–water partition coefficient (Wildman–Crippen LogP) is 28.4. The molecule has 0 rings (SSSR count). The van der Waals surface area contributed by atoms with Crippen LogP contribution in [0.25, 0.3) is 0 Å². The van der Waals surface area contributed by atoms with Crippen LogP contribution in [0, 0.1) is 6.66 Å². The van der Waals surface area contributed by atoms with Gasteiger partial charge < -0.3 is 14.2 Å². The SMILES string of the molecule is CCCCC/C=C\C/C=C\CCCCCCCCC(O)CCCCCCCC/C=C\C/C=C\CCCCC.[CH2-]P(=O)(OC(CCCCCCCC/C=C\C/C=C\CCCCC)CCCCCCCC/C=C\C/C=C\CCCCC)C(C)(C)C. The molecule has 1 N–H and O–H groups in total. The van der Waals surface area contributed by atoms with Gasteiger partial charge in [0.25, 0.3) is 0 Å². The summed E-state index contributed by atoms with van der Waals surface area (Å²) in [5, 5.41) is 9.86. The van der Waals surface area contributed by atoms with Gasteiger partial charge in [-0.3, -0.25) is 6.66 Å². The molecule has 0 bridgehead atoms. The molecule has 4 heteroatoms. The molecule has 0 aromatic rings. The maximum atomic E-state index is 13.2. The Morgan fingerprint density at radius 2 is 0.506 bits per heavy atom. The van der Waals surface area contributed by atoms with Crippen molar-refractivity contribution in [2.45, 2.75) is 400 Å². The largest absolute Gasteiger partial charge is 0.393 e. The fourth-order valence-corrected chi connectivity index (χ4v) is 11.3. The molecule has 0 aromatic heterocycles. The van der Waals surface area contributed by atoms with Crippen molar-refractivity contribution in [3.8, 4) is 0 Å². The Morgan fingerprint density at radius 3 is 0.723 bits per heavy atom. The first kappa shape index (κ1) is 83.1. The van der Waals surface area contributed by atoms with E-state index in [0.29, 0.717) is 0 Å². The third-order valence-corrected chi connectivity index (χ3v) is 19.0. The summed E-state index contributed by atoms with van der Waals surface area (Å²) in [6, 6.07) is 0. The van der Waals surface area contributed by atoms with Gasteiger partial charge in [0, 0.05) is 5.16 Å². The fourth-order valence-electron chi connectivity index (χ4n) is 10.2. The molecule has 0 radical (unpaired) electrons. The summed E-state index contributed by atoms with van der Waals surface area (Å²) in [5.41, 5.74) is 0. The zero-order chi connectivity index (χ0) is 60.9. The number of hydrogen-bond acceptors (Lipinski definition) is 3. The zero-order valence-corrected chi connectivity index (χ0v) is 58.0. The number of allylic oxidation sites excluding steroid dienone is 16. The van der Waals surface area contributed by atoms with Crippen LogP contribution in [0.1, 0.15) is 382 Å². The fraction of sp³-hybridized carbons (Fsp3) is 0.785. The van der Waals surface area contributed by atoms with Gasteiger partial charge in [0.15, 0.2) is 0 Å². The van der Waals surface area contributed by atoms with Gasteiger partial charge in [-0.25, -0.2) is 0 Å². The van der Waals surface area contributed by atoms with Crippen LogP contribution in [0.5, 0.6) is 0 Å². The van der Waals surface area contributed by atoms with Crippen LogP contribution in [0.4, 0.5) is 0 Å². The minimum absolute atomic E-state index is 0.0633. The Labute approximate surface area is 522 Å². The van der Waals surface area contributed by atoms with Gasteiger partial charge in [0.1, 0.15) is 0 Å². The highest BCUT2D eigenvalue weighted by atomic mass is 31.2. The van der Waals surface area contributed by atoms with E-state index in [1.54, 1.807) is 0 Å². The van der Waals surface area contributed by atoms with E-state index in [4.69, 9.17) is 4.52 Å². The molecule has 83 heavy (non-hydrogen) atoms. The molecule has 0 amide bonds. The van der Waals surface area contributed by atoms with Gasteiger partial charge in [0.2, 0.25) is 0 Å². The average molecular weight is 1180 g/mol. The van der Waals surface area contributed by atoms with E-state index in [-0.39, 0.29) is 12.2 Å². The van der Waals surface area contributed by atoms with Crippen LogP contribution in [0.3, 0.4) is 0 Å². The lowest BCUT2D eigenvalue weighted by molar-refractivity contribution is 0.147. The highest BCUT2D eigenvalue weighted by Crippen LogP contribution is 2.58. The van der Waals surface area contributed by atoms with Gasteiger partial charge in [-0.05, 0) is 154 Å². The lowest BCUT2D eigenvalue weighted by Gasteiger charge is -2.37. The van der Waals surface area contributed by atoms with E-state index in [0.717, 1.165) is 51.4 Å². The maximum Gasteiger partial charge on any atom is 0.0708 e. The monoisotopic (exact) mass is 1170 g/mol. The maximum absolute atomic E-state index is 13.2. The highest BCUT2D eigenvalue weighted by molar-refractivity contribution is 7.61. The lowest BCUT2D eigenvalue weighted by atomic mass is 10.0. The van der Waals surface area contributed by atoms with Crippen LogP contribution in [-0.2, 0) is 9.09 Å². The van der Waals surface area contributed by atoms with Crippen molar-refractivity contribution in [1.82, 2.24) is 0 Å². The molecular formula is C79H146O3P-. The van der Waals surface area contributed by atoms with Gasteiger partial charge >= 0.3 is 0 Å². The minimum Gasteiger partial charge on any atom is -0.393 e. The van der Waals surface area contributed by atoms with E-state index < -0.39 is 12.5 Å². The van der Waals surface area contributed by atoms with E-state index in [2.05, 4.69) is 132 Å². The van der Waals surface area contributed by atoms with Crippen molar-refractivity contribution in [2.24, 2.45) is 0 Å². The molecule has 1 atom stereocenters. The number of aliphatic hydroxyl groups excluding tert-OH is 1. The summed E-state index contributed by atoms with van der Waals surface area (Å²) in [6.45, 7) is 19.1. The molecule has 0 aliphatic heterocycles. The molecule has 0 aliphatic rings. The van der Waals surface area contributed by atoms with Gasteiger partial charge in [-0.2, -0.15) is 0 Å². The molecule has 0 fully saturated rings. The van der Waals surface area contributed by atoms with Gasteiger partial charge in [-0.1, -0.05) is 325 Å². The zero-order valence-electron chi connectivity index (χ0n) is 57.1. The topological polar surface area (TPSA) is 46.5 Å². The summed E-state index contributed by atoms with van der Waals surface area (Å²) in [7, 11) is -2.89. The summed E-state index contributed by atoms with van der Waals surface area (Å²) >= 11 is 0. The molecular weight excluding hydrogens is 1030 g/mol. The second-order valence-electron chi connectivity index (χ2n) is 25.7. The summed E-state index contributed by atoms with van der Waals surface area (Å²) < 4.78 is 19.5. The van der Waals surface area contributed by atoms with E-state index in [9.17, 15) is 9.67 Å². The average Bonchev–Trinajstić information content (AvgIpc) is 3.67. The van der Waals surface area contributed by atoms with Crippen molar-refractivity contribution in [3.05, 3.63) is 104 Å². The Bertz CT molecular complexity index is 1460. The van der Waals surface area contributed by atoms with Crippen molar-refractivity contribution in [1.29, 1.82) is 0 Å². The van der Waals surface area contributed by atoms with Crippen molar-refractivity contribution >= 4 is 7.37 Å². The molecule has 0 heterocycles. The Kier molecular flexibility index (Phi) is 69.3. The first-order valence-electron chi connectivity index (χ1n) is 36.6. The number of unbranched alkanes of at least 4 members (excludes halogenated alkanes) is 36. The number of hydrogen-bond donors (Lipinski definition) is 1. The molecule has 0 spiro atoms. The molecule has 0 saturated carbocycles. The summed E-state index contributed by atoms with van der Waals surface area (Å²) in [5.74, 6) is 0. The molecule has 1 unspecified atom stereocenters. The number of rotatable bonds is 62. The normalized spacial score (nSPS) is 13.5. The number of aliphatic hydroxyl groups is 1. The second-order valence-corrected chi connectivity index (χ2v) is 28.6. The van der Waals surface area contributed by atoms with Crippen LogP contribution in [0.15, 0.2) is 97.2 Å². The Balaban J connectivity index is 0. The Morgan fingerprint density at radius 1 is 0.313 bits per heavy atom. The first-order chi connectivity index (χ1) is 40.6. The predicted molar refractivity (Wildman–Crippen MR) is 379 cm³/mol. The van der Waals surface area contributed by atoms with Crippen molar-refractivity contribution in [2.75, 3.05) is 0 Å². The van der Waals surface area contributed by atoms with Crippen LogP contribution >= 0.6 is 7.37 Å². The molecule has 0 aliphatic carbocycles. The smallest absolute Gasteiger partial charge is 0.0708 e. The molecule has 3 nitrogen and oxygen atoms in total. The van der Waals surface area contributed by atoms with E-state index in [1.807, 2.05) is 20.8 Å². The third-order valence-electron chi connectivity index (χ3n) is 16.3. The van der Waals surface area contributed by atoms with Crippen molar-refractivity contribution < 1.29 is 14.2 Å². The van der Waals surface area contributed by atoms with Gasteiger partial charge in [0.05, 0.1) is 19.6 Å². The highest BCUT2D eigenvalue weighted by Gasteiger charge is 2.29. The van der Waals surface area contributed by atoms with Gasteiger partial charge in [-0.15, -0.1) is 0 Å². The minimum atomic E-state index is -2.89. The summed E-state index contributed by atoms with van der Waals surface area (Å²) in [4.78, 5) is 0. The van der Waals surface area contributed by atoms with Crippen LogP contribution in [-0.4, -0.2) is 22.5 Å². The molecule has 0 saturated heterocycles. The third kappa shape index (κ3) is 69.0. The molecule has 486 valence electrons. The lowest BCUT2D eigenvalue weighted by Crippen LogP contribution is -2.20. The van der Waals surface area contributed by atoms with E-state index >= 15 is 0 Å². The second kappa shape index (κ2) is 69.2. The van der Waals surface area contributed by atoms with Crippen LogP contribution in [0.2, 0.25) is 0 Å². The quantitative estimate of drug-likeness (QED) is 0.0286. The standard InChI is InChI=1S/C42H78O2P.C37H68O/c1-7-9-11-13-15-17-19-21-23-25-27-29-31-33-35-37-39-41(44-45(6,43)42(3,4)5)40-38-36-34-32-30-28-26-24-22-20-18-16-14-12-10-8-2;1-3-5-7-9-11-13-15-17-19-21-23-25-27-29-31-33-35-37(38)36-34-32-30-28-26-24-22-20-18-16-14-12-10-8-6-4-2/h15-18,21-24,41H,6-14,19-20,25-40H2,1-5H3;11-14,17-20,37-38H,3-10,15-16,21-36H2,1-2H3/q-1;/b17-15-,18-16-,23-21-,24-22-;13-11-,14-12-,19-17-,20-18-. The van der Waals surface area contributed by atoms with Crippen LogP contribution < -0.4 is 0 Å². The van der Waals surface area contributed by atoms with Crippen molar-refractivity contribution in [3.63, 3.8) is 0 Å². The first-order valence-corrected chi connectivity index (χ1v) is 38.4. The summed E-state index contributed by atoms with van der Waals surface area (Å²) in [6.07, 6.45) is 103.